The standard InChI is InChI=1S/C41H31N3/c1-41(2)34-18-9-7-16-30(34)32-24-33-31-17-8-10-19-37(31)44(38(33)25-35(32)41)29-15-11-14-27(22-29)28-20-21-36-39(23-28)43(3)40(42-36)26-12-5-4-6-13-26/h4-25H,1-3H3. The largest absolute Gasteiger partial charge is 0.327 e. The van der Waals surface area contributed by atoms with Crippen molar-refractivity contribution in [3.8, 4) is 39.3 Å². The molecule has 0 atom stereocenters. The fourth-order valence-electron chi connectivity index (χ4n) is 7.48. The summed E-state index contributed by atoms with van der Waals surface area (Å²) in [4.78, 5) is 4.96. The van der Waals surface area contributed by atoms with Crippen LogP contribution in [0.1, 0.15) is 25.0 Å². The highest BCUT2D eigenvalue weighted by Gasteiger charge is 2.36. The van der Waals surface area contributed by atoms with Gasteiger partial charge in [-0.15, -0.1) is 0 Å². The molecule has 0 saturated carbocycles. The molecule has 0 saturated heterocycles. The van der Waals surface area contributed by atoms with E-state index in [0.29, 0.717) is 0 Å². The maximum Gasteiger partial charge on any atom is 0.140 e. The molecule has 0 unspecified atom stereocenters. The Hall–Kier alpha value is -5.41. The maximum absolute atomic E-state index is 4.96. The molecular weight excluding hydrogens is 534 g/mol. The van der Waals surface area contributed by atoms with Crippen molar-refractivity contribution in [1.29, 1.82) is 0 Å². The van der Waals surface area contributed by atoms with Gasteiger partial charge in [-0.3, -0.25) is 0 Å². The van der Waals surface area contributed by atoms with Gasteiger partial charge in [0.2, 0.25) is 0 Å². The Morgan fingerprint density at radius 1 is 0.523 bits per heavy atom. The summed E-state index contributed by atoms with van der Waals surface area (Å²) in [6, 6.07) is 48.6. The number of imidazole rings is 1. The van der Waals surface area contributed by atoms with Gasteiger partial charge in [0, 0.05) is 34.5 Å². The van der Waals surface area contributed by atoms with E-state index in [9.17, 15) is 0 Å². The number of hydrogen-bond acceptors (Lipinski definition) is 1. The normalized spacial score (nSPS) is 13.5. The Morgan fingerprint density at radius 2 is 1.27 bits per heavy atom. The van der Waals surface area contributed by atoms with E-state index in [1.807, 2.05) is 6.07 Å². The van der Waals surface area contributed by atoms with E-state index in [0.717, 1.165) is 28.1 Å². The molecule has 0 aliphatic heterocycles. The number of nitrogens with zero attached hydrogens (tertiary/aromatic N) is 3. The van der Waals surface area contributed by atoms with Crippen LogP contribution in [-0.4, -0.2) is 14.1 Å². The van der Waals surface area contributed by atoms with Crippen LogP contribution in [0.15, 0.2) is 133 Å². The van der Waals surface area contributed by atoms with Crippen LogP contribution < -0.4 is 0 Å². The molecule has 9 rings (SSSR count). The Morgan fingerprint density at radius 3 is 2.16 bits per heavy atom. The molecule has 3 nitrogen and oxygen atoms in total. The molecule has 3 heteroatoms. The van der Waals surface area contributed by atoms with Crippen molar-refractivity contribution in [1.82, 2.24) is 14.1 Å². The molecule has 210 valence electrons. The van der Waals surface area contributed by atoms with Crippen molar-refractivity contribution in [2.24, 2.45) is 7.05 Å². The molecule has 2 aromatic heterocycles. The molecular formula is C41H31N3. The zero-order chi connectivity index (χ0) is 29.6. The van der Waals surface area contributed by atoms with E-state index in [1.54, 1.807) is 0 Å². The molecule has 6 aromatic carbocycles. The number of para-hydroxylation sites is 1. The average molecular weight is 566 g/mol. The number of aryl methyl sites for hydroxylation is 1. The number of hydrogen-bond donors (Lipinski definition) is 0. The van der Waals surface area contributed by atoms with Crippen molar-refractivity contribution in [3.63, 3.8) is 0 Å². The Balaban J connectivity index is 1.23. The second kappa shape index (κ2) is 9.05. The van der Waals surface area contributed by atoms with Crippen LogP contribution >= 0.6 is 0 Å². The van der Waals surface area contributed by atoms with Gasteiger partial charge in [-0.25, -0.2) is 4.98 Å². The van der Waals surface area contributed by atoms with Gasteiger partial charge in [0.1, 0.15) is 5.82 Å². The number of rotatable bonds is 3. The summed E-state index contributed by atoms with van der Waals surface area (Å²) in [6.45, 7) is 4.71. The lowest BCUT2D eigenvalue weighted by Gasteiger charge is -2.21. The Kier molecular flexibility index (Phi) is 5.16. The van der Waals surface area contributed by atoms with Crippen molar-refractivity contribution >= 4 is 32.8 Å². The molecule has 0 N–H and O–H groups in total. The van der Waals surface area contributed by atoms with E-state index < -0.39 is 0 Å². The smallest absolute Gasteiger partial charge is 0.140 e. The predicted molar refractivity (Wildman–Crippen MR) is 183 cm³/mol. The lowest BCUT2D eigenvalue weighted by Crippen LogP contribution is -2.14. The monoisotopic (exact) mass is 565 g/mol. The summed E-state index contributed by atoms with van der Waals surface area (Å²) in [5, 5.41) is 2.57. The molecule has 0 amide bonds. The molecule has 0 fully saturated rings. The fourth-order valence-corrected chi connectivity index (χ4v) is 7.48. The van der Waals surface area contributed by atoms with Gasteiger partial charge in [0.15, 0.2) is 0 Å². The van der Waals surface area contributed by atoms with Gasteiger partial charge < -0.3 is 9.13 Å². The van der Waals surface area contributed by atoms with E-state index >= 15 is 0 Å². The minimum Gasteiger partial charge on any atom is -0.327 e. The summed E-state index contributed by atoms with van der Waals surface area (Å²) in [5.41, 5.74) is 14.7. The van der Waals surface area contributed by atoms with E-state index in [4.69, 9.17) is 4.98 Å². The molecule has 2 heterocycles. The average Bonchev–Trinajstić information content (AvgIpc) is 3.65. The third-order valence-electron chi connectivity index (χ3n) is 9.73. The summed E-state index contributed by atoms with van der Waals surface area (Å²) < 4.78 is 4.65. The van der Waals surface area contributed by atoms with Crippen LogP contribution in [0.2, 0.25) is 0 Å². The number of fused-ring (bicyclic) bond motifs is 7. The SMILES string of the molecule is Cn1c(-c2ccccc2)nc2ccc(-c3cccc(-n4c5ccccc5c5cc6c(cc54)C(C)(C)c4ccccc4-6)c3)cc21. The van der Waals surface area contributed by atoms with Crippen molar-refractivity contribution in [3.05, 3.63) is 145 Å². The van der Waals surface area contributed by atoms with Crippen LogP contribution in [0.3, 0.4) is 0 Å². The first-order valence-electron chi connectivity index (χ1n) is 15.3. The third kappa shape index (κ3) is 3.47. The quantitative estimate of drug-likeness (QED) is 0.209. The fraction of sp³-hybridized carbons (Fsp3) is 0.0976. The highest BCUT2D eigenvalue weighted by molar-refractivity contribution is 6.11. The summed E-state index contributed by atoms with van der Waals surface area (Å²) in [5.74, 6) is 0.981. The van der Waals surface area contributed by atoms with Gasteiger partial charge in [-0.2, -0.15) is 0 Å². The molecule has 1 aliphatic rings. The summed E-state index contributed by atoms with van der Waals surface area (Å²) in [7, 11) is 2.11. The molecule has 0 bridgehead atoms. The van der Waals surface area contributed by atoms with Crippen LogP contribution in [-0.2, 0) is 12.5 Å². The first-order chi connectivity index (χ1) is 21.5. The van der Waals surface area contributed by atoms with Crippen molar-refractivity contribution in [2.45, 2.75) is 19.3 Å². The molecule has 0 radical (unpaired) electrons. The van der Waals surface area contributed by atoms with Crippen molar-refractivity contribution < 1.29 is 0 Å². The zero-order valence-electron chi connectivity index (χ0n) is 25.0. The molecule has 8 aromatic rings. The second-order valence-electron chi connectivity index (χ2n) is 12.6. The molecule has 1 aliphatic carbocycles. The van der Waals surface area contributed by atoms with E-state index in [1.165, 1.54) is 55.2 Å². The number of benzene rings is 6. The van der Waals surface area contributed by atoms with Crippen LogP contribution in [0.4, 0.5) is 0 Å². The highest BCUT2D eigenvalue weighted by atomic mass is 15.1. The van der Waals surface area contributed by atoms with Gasteiger partial charge in [-0.05, 0) is 75.8 Å². The first-order valence-corrected chi connectivity index (χ1v) is 15.3. The van der Waals surface area contributed by atoms with Gasteiger partial charge in [0.05, 0.1) is 22.1 Å². The Labute approximate surface area is 256 Å². The molecule has 44 heavy (non-hydrogen) atoms. The van der Waals surface area contributed by atoms with Crippen LogP contribution in [0, 0.1) is 0 Å². The highest BCUT2D eigenvalue weighted by Crippen LogP contribution is 2.51. The van der Waals surface area contributed by atoms with E-state index in [2.05, 4.69) is 157 Å². The van der Waals surface area contributed by atoms with Crippen LogP contribution in [0.25, 0.3) is 72.2 Å². The van der Waals surface area contributed by atoms with Gasteiger partial charge in [-0.1, -0.05) is 105 Å². The predicted octanol–water partition coefficient (Wildman–Crippen LogP) is 10.3. The topological polar surface area (TPSA) is 22.8 Å². The molecule has 0 spiro atoms. The number of aromatic nitrogens is 3. The lowest BCUT2D eigenvalue weighted by atomic mass is 9.82. The summed E-state index contributed by atoms with van der Waals surface area (Å²) in [6.07, 6.45) is 0. The third-order valence-corrected chi connectivity index (χ3v) is 9.73. The van der Waals surface area contributed by atoms with Gasteiger partial charge >= 0.3 is 0 Å². The first kappa shape index (κ1) is 25.1. The van der Waals surface area contributed by atoms with E-state index in [-0.39, 0.29) is 5.41 Å². The Bertz CT molecular complexity index is 2420. The minimum atomic E-state index is -0.0552. The van der Waals surface area contributed by atoms with Crippen LogP contribution in [0.5, 0.6) is 0 Å². The summed E-state index contributed by atoms with van der Waals surface area (Å²) >= 11 is 0. The van der Waals surface area contributed by atoms with Crippen molar-refractivity contribution in [2.75, 3.05) is 0 Å². The zero-order valence-corrected chi connectivity index (χ0v) is 25.0. The maximum atomic E-state index is 4.96. The van der Waals surface area contributed by atoms with Gasteiger partial charge in [0.25, 0.3) is 0 Å². The minimum absolute atomic E-state index is 0.0552. The lowest BCUT2D eigenvalue weighted by molar-refractivity contribution is 0.661. The second-order valence-corrected chi connectivity index (χ2v) is 12.6.